The molecule has 1 aliphatic rings. The number of cyclic esters (lactones) is 1. The van der Waals surface area contributed by atoms with Crippen LogP contribution in [0.25, 0.3) is 0 Å². The Balaban J connectivity index is 0.000000439. The van der Waals surface area contributed by atoms with Gasteiger partial charge in [0.05, 0.1) is 17.0 Å². The molecule has 0 radical (unpaired) electrons. The zero-order valence-corrected chi connectivity index (χ0v) is 21.4. The summed E-state index contributed by atoms with van der Waals surface area (Å²) in [5.74, 6) is -0.178. The van der Waals surface area contributed by atoms with Crippen LogP contribution in [-0.4, -0.2) is 40.7 Å². The van der Waals surface area contributed by atoms with Gasteiger partial charge in [0.1, 0.15) is 11.9 Å². The highest BCUT2D eigenvalue weighted by Crippen LogP contribution is 2.31. The normalized spacial score (nSPS) is 18.2. The Hall–Kier alpha value is -1.77. The number of hydrogen-bond donors (Lipinski definition) is 1. The molecule has 176 valence electrons. The summed E-state index contributed by atoms with van der Waals surface area (Å²) >= 11 is 3.43. The molecule has 1 fully saturated rings. The van der Waals surface area contributed by atoms with Gasteiger partial charge in [0.25, 0.3) is 0 Å². The van der Waals surface area contributed by atoms with E-state index in [-0.39, 0.29) is 29.5 Å². The van der Waals surface area contributed by atoms with E-state index in [1.165, 1.54) is 12.1 Å². The second-order valence-electron chi connectivity index (χ2n) is 8.65. The fourth-order valence-electron chi connectivity index (χ4n) is 3.46. The first-order valence-electron chi connectivity index (χ1n) is 10.6. The Morgan fingerprint density at radius 3 is 2.34 bits per heavy atom. The van der Waals surface area contributed by atoms with E-state index < -0.39 is 11.0 Å². The number of amides is 1. The average Bonchev–Trinajstić information content (AvgIpc) is 2.73. The summed E-state index contributed by atoms with van der Waals surface area (Å²) in [5, 5.41) is 0. The van der Waals surface area contributed by atoms with E-state index in [0.29, 0.717) is 13.1 Å². The maximum absolute atomic E-state index is 12.5. The molecule has 8 heteroatoms. The predicted octanol–water partition coefficient (Wildman–Crippen LogP) is 5.85. The zero-order valence-electron chi connectivity index (χ0n) is 19.0. The van der Waals surface area contributed by atoms with Crippen LogP contribution in [0.1, 0.15) is 45.2 Å². The minimum Gasteiger partial charge on any atom is -0.446 e. The van der Waals surface area contributed by atoms with Crippen molar-refractivity contribution in [2.24, 2.45) is 5.41 Å². The van der Waals surface area contributed by atoms with Crippen LogP contribution in [0.4, 0.5) is 9.18 Å². The maximum atomic E-state index is 12.5. The van der Waals surface area contributed by atoms with Crippen molar-refractivity contribution in [2.45, 2.75) is 45.8 Å². The highest BCUT2D eigenvalue weighted by Gasteiger charge is 2.34. The van der Waals surface area contributed by atoms with E-state index in [1.54, 1.807) is 29.4 Å². The minimum atomic E-state index is -1.03. The smallest absolute Gasteiger partial charge is 0.410 e. The molecule has 0 aromatic heterocycles. The van der Waals surface area contributed by atoms with E-state index in [2.05, 4.69) is 34.5 Å². The molecule has 0 bridgehead atoms. The lowest BCUT2D eigenvalue weighted by atomic mass is 9.85. The lowest BCUT2D eigenvalue weighted by molar-refractivity contribution is -0.00374. The summed E-state index contributed by atoms with van der Waals surface area (Å²) in [4.78, 5) is 14.3. The lowest BCUT2D eigenvalue weighted by Gasteiger charge is -2.38. The summed E-state index contributed by atoms with van der Waals surface area (Å²) in [7, 11) is -1.03. The van der Waals surface area contributed by atoms with Gasteiger partial charge in [0, 0.05) is 30.2 Å². The summed E-state index contributed by atoms with van der Waals surface area (Å²) in [6.07, 6.45) is 2.84. The Morgan fingerprint density at radius 1 is 1.22 bits per heavy atom. The molecular weight excluding hydrogens is 495 g/mol. The quantitative estimate of drug-likeness (QED) is 0.492. The van der Waals surface area contributed by atoms with Gasteiger partial charge in [-0.3, -0.25) is 0 Å². The third kappa shape index (κ3) is 9.00. The van der Waals surface area contributed by atoms with Gasteiger partial charge in [-0.2, -0.15) is 0 Å². The molecule has 0 aliphatic carbocycles. The third-order valence-electron chi connectivity index (χ3n) is 5.28. The van der Waals surface area contributed by atoms with Gasteiger partial charge in [-0.25, -0.2) is 18.1 Å². The topological polar surface area (TPSA) is 58.6 Å². The first kappa shape index (κ1) is 26.5. The van der Waals surface area contributed by atoms with E-state index in [1.807, 2.05) is 31.2 Å². The van der Waals surface area contributed by atoms with Gasteiger partial charge >= 0.3 is 6.09 Å². The van der Waals surface area contributed by atoms with Crippen LogP contribution >= 0.6 is 15.9 Å². The van der Waals surface area contributed by atoms with Crippen molar-refractivity contribution in [3.05, 3.63) is 70.5 Å². The third-order valence-corrected chi connectivity index (χ3v) is 6.36. The number of ether oxygens (including phenoxy) is 1. The number of rotatable bonds is 7. The fourth-order valence-corrected chi connectivity index (χ4v) is 4.32. The molecule has 1 N–H and O–H groups in total. The minimum absolute atomic E-state index is 0.0151. The number of carbonyl (C=O) groups excluding carboxylic acids is 1. The largest absolute Gasteiger partial charge is 0.446 e. The van der Waals surface area contributed by atoms with Gasteiger partial charge in [0.15, 0.2) is 0 Å². The van der Waals surface area contributed by atoms with Crippen molar-refractivity contribution in [1.82, 2.24) is 9.62 Å². The molecule has 2 aromatic carbocycles. The first-order valence-corrected chi connectivity index (χ1v) is 12.9. The number of carbonyl (C=O) groups is 1. The molecule has 1 heterocycles. The predicted molar refractivity (Wildman–Crippen MR) is 131 cm³/mol. The fraction of sp³-hybridized carbons (Fsp3) is 0.458. The average molecular weight is 528 g/mol. The summed E-state index contributed by atoms with van der Waals surface area (Å²) < 4.78 is 32.8. The molecule has 0 saturated carbocycles. The molecule has 1 aliphatic heterocycles. The van der Waals surface area contributed by atoms with Crippen molar-refractivity contribution >= 4 is 33.0 Å². The first-order chi connectivity index (χ1) is 15.1. The van der Waals surface area contributed by atoms with Crippen LogP contribution in [-0.2, 0) is 15.7 Å². The van der Waals surface area contributed by atoms with Crippen LogP contribution in [0.15, 0.2) is 59.1 Å². The Kier molecular flexibility index (Phi) is 10.3. The summed E-state index contributed by atoms with van der Waals surface area (Å²) in [5.41, 5.74) is 1.00. The molecule has 32 heavy (non-hydrogen) atoms. The highest BCUT2D eigenvalue weighted by atomic mass is 79.9. The number of nitrogens with one attached hydrogen (secondary N) is 1. The number of nitrogens with zero attached hydrogens (tertiary/aromatic N) is 1. The molecule has 3 atom stereocenters. The number of halogens is 2. The molecule has 3 unspecified atom stereocenters. The summed E-state index contributed by atoms with van der Waals surface area (Å²) in [6, 6.07) is 15.9. The molecule has 0 spiro atoms. The Labute approximate surface area is 201 Å². The standard InChI is InChI=1S/C18H27BrN2O3S.C6H5F/c1-13(14-5-7-15(19)8-6-14)21-10-9-16(24-17(21)22)11-18(2,3)12-20-25(4)23;7-6-4-2-1-3-5-6/h5-8,13,16,20H,9-12H2,1-4H3;1-5H. The Bertz CT molecular complexity index is 881. The van der Waals surface area contributed by atoms with Crippen LogP contribution in [0.2, 0.25) is 0 Å². The molecular formula is C24H32BrFN2O3S. The monoisotopic (exact) mass is 526 g/mol. The molecule has 3 rings (SSSR count). The highest BCUT2D eigenvalue weighted by molar-refractivity contribution is 9.10. The lowest BCUT2D eigenvalue weighted by Crippen LogP contribution is -2.45. The second kappa shape index (κ2) is 12.5. The molecule has 1 saturated heterocycles. The zero-order chi connectivity index (χ0) is 23.7. The van der Waals surface area contributed by atoms with Gasteiger partial charge < -0.3 is 9.64 Å². The van der Waals surface area contributed by atoms with Crippen LogP contribution in [0.3, 0.4) is 0 Å². The van der Waals surface area contributed by atoms with Crippen LogP contribution in [0, 0.1) is 11.2 Å². The number of hydrogen-bond acceptors (Lipinski definition) is 3. The van der Waals surface area contributed by atoms with Crippen molar-refractivity contribution in [1.29, 1.82) is 0 Å². The number of benzene rings is 2. The molecule has 1 amide bonds. The SMILES string of the molecule is CC(c1ccc(Br)cc1)N1CCC(CC(C)(C)CNS(C)=O)OC1=O.Fc1ccccc1. The van der Waals surface area contributed by atoms with E-state index >= 15 is 0 Å². The van der Waals surface area contributed by atoms with Gasteiger partial charge in [-0.1, -0.05) is 60.1 Å². The van der Waals surface area contributed by atoms with Gasteiger partial charge in [0.2, 0.25) is 0 Å². The van der Waals surface area contributed by atoms with Crippen molar-refractivity contribution in [3.63, 3.8) is 0 Å². The van der Waals surface area contributed by atoms with Crippen molar-refractivity contribution in [2.75, 3.05) is 19.3 Å². The van der Waals surface area contributed by atoms with Crippen LogP contribution < -0.4 is 4.72 Å². The molecule has 5 nitrogen and oxygen atoms in total. The van der Waals surface area contributed by atoms with Gasteiger partial charge in [-0.15, -0.1) is 0 Å². The summed E-state index contributed by atoms with van der Waals surface area (Å²) in [6.45, 7) is 7.53. The van der Waals surface area contributed by atoms with Crippen molar-refractivity contribution in [3.8, 4) is 0 Å². The van der Waals surface area contributed by atoms with E-state index in [9.17, 15) is 13.4 Å². The van der Waals surface area contributed by atoms with E-state index in [0.717, 1.165) is 22.9 Å². The second-order valence-corrected chi connectivity index (χ2v) is 10.8. The molecule has 2 aromatic rings. The van der Waals surface area contributed by atoms with Gasteiger partial charge in [-0.05, 0) is 48.6 Å². The maximum Gasteiger partial charge on any atom is 0.410 e. The van der Waals surface area contributed by atoms with Crippen LogP contribution in [0.5, 0.6) is 0 Å². The Morgan fingerprint density at radius 2 is 1.84 bits per heavy atom. The van der Waals surface area contributed by atoms with E-state index in [4.69, 9.17) is 4.74 Å². The van der Waals surface area contributed by atoms with Crippen molar-refractivity contribution < 1.29 is 18.1 Å².